The number of carbonyl (C=O) groups is 2. The maximum Gasteiger partial charge on any atom is 0.163 e. The average Bonchev–Trinajstić information content (AvgIpc) is 3.01. The van der Waals surface area contributed by atoms with E-state index in [1.54, 1.807) is 24.4 Å². The number of nitrogens with zero attached hydrogens (tertiary/aromatic N) is 1. The van der Waals surface area contributed by atoms with Gasteiger partial charge in [0, 0.05) is 19.0 Å². The molecule has 260 valence electrons. The lowest BCUT2D eigenvalue weighted by atomic mass is 9.93. The van der Waals surface area contributed by atoms with Gasteiger partial charge in [0.2, 0.25) is 0 Å². The van der Waals surface area contributed by atoms with Crippen molar-refractivity contribution in [3.05, 3.63) is 87.6 Å². The Morgan fingerprint density at radius 2 is 1.62 bits per heavy atom. The minimum Gasteiger partial charge on any atom is -0.504 e. The third-order valence-corrected chi connectivity index (χ3v) is 8.84. The molecule has 1 aromatic heterocycles. The van der Waals surface area contributed by atoms with Crippen LogP contribution in [0.1, 0.15) is 111 Å². The number of methoxy groups -OCH3 is 1. The van der Waals surface area contributed by atoms with Crippen molar-refractivity contribution >= 4 is 23.5 Å². The van der Waals surface area contributed by atoms with Gasteiger partial charge < -0.3 is 20.9 Å². The fourth-order valence-electron chi connectivity index (χ4n) is 6.43. The van der Waals surface area contributed by atoms with Crippen molar-refractivity contribution in [1.29, 1.82) is 0 Å². The highest BCUT2D eigenvalue weighted by Gasteiger charge is 2.14. The summed E-state index contributed by atoms with van der Waals surface area (Å²) in [5.41, 5.74) is 13.2. The molecule has 1 atom stereocenters. The number of phenols is 1. The lowest BCUT2D eigenvalue weighted by Gasteiger charge is -2.17. The molecule has 2 aromatic carbocycles. The fourth-order valence-corrected chi connectivity index (χ4v) is 6.43. The van der Waals surface area contributed by atoms with Gasteiger partial charge in [0.15, 0.2) is 17.3 Å². The molecule has 0 aliphatic heterocycles. The highest BCUT2D eigenvalue weighted by atomic mass is 16.5. The predicted octanol–water partition coefficient (Wildman–Crippen LogP) is 8.33. The van der Waals surface area contributed by atoms with Crippen LogP contribution in [0.5, 0.6) is 11.5 Å². The zero-order valence-electron chi connectivity index (χ0n) is 30.0. The third-order valence-electron chi connectivity index (χ3n) is 8.84. The van der Waals surface area contributed by atoms with Gasteiger partial charge in [-0.2, -0.15) is 0 Å². The number of aromatic hydroxyl groups is 1. The Bertz CT molecular complexity index is 1510. The van der Waals surface area contributed by atoms with E-state index in [1.165, 1.54) is 55.6 Å². The molecule has 0 saturated carbocycles. The number of pyridine rings is 1. The standard InChI is InChI=1S/C41H57N3O4/c1-28(2)11-10-13-31(26-43-5)12-8-7-9-14-37(45)25-38(46)16-15-34-24-40(48-6)39(47)23-35(34)21-33-22-36(41(42)44-27-33)20-32-18-29(3)17-30(4)19-32/h15-19,22-24,27-28,31,43,47H,7-14,20-21,25-26H2,1-6H3,(H2,42,44)/t31-/m1/s1. The van der Waals surface area contributed by atoms with Gasteiger partial charge in [-0.25, -0.2) is 4.98 Å². The van der Waals surface area contributed by atoms with Crippen molar-refractivity contribution in [1.82, 2.24) is 10.3 Å². The molecule has 0 spiro atoms. The molecule has 7 nitrogen and oxygen atoms in total. The van der Waals surface area contributed by atoms with E-state index in [1.807, 2.05) is 13.1 Å². The normalized spacial score (nSPS) is 12.1. The number of carbonyl (C=O) groups excluding carboxylic acids is 2. The molecule has 3 aromatic rings. The number of aryl methyl sites for hydroxylation is 2. The van der Waals surface area contributed by atoms with Gasteiger partial charge in [-0.05, 0) is 117 Å². The first-order valence-electron chi connectivity index (χ1n) is 17.5. The first-order chi connectivity index (χ1) is 23.0. The molecule has 0 aliphatic carbocycles. The summed E-state index contributed by atoms with van der Waals surface area (Å²) >= 11 is 0. The van der Waals surface area contributed by atoms with E-state index in [4.69, 9.17) is 10.5 Å². The van der Waals surface area contributed by atoms with Crippen molar-refractivity contribution in [2.24, 2.45) is 11.8 Å². The van der Waals surface area contributed by atoms with Crippen LogP contribution in [0.15, 0.2) is 48.7 Å². The van der Waals surface area contributed by atoms with E-state index in [0.29, 0.717) is 36.7 Å². The van der Waals surface area contributed by atoms with E-state index in [2.05, 4.69) is 56.2 Å². The monoisotopic (exact) mass is 655 g/mol. The Hall–Kier alpha value is -3.97. The first-order valence-corrected chi connectivity index (χ1v) is 17.5. The second-order valence-corrected chi connectivity index (χ2v) is 13.8. The maximum absolute atomic E-state index is 12.8. The molecule has 3 rings (SSSR count). The zero-order chi connectivity index (χ0) is 35.1. The van der Waals surface area contributed by atoms with E-state index < -0.39 is 0 Å². The van der Waals surface area contributed by atoms with Gasteiger partial charge in [-0.15, -0.1) is 0 Å². The number of aromatic nitrogens is 1. The van der Waals surface area contributed by atoms with Crippen LogP contribution < -0.4 is 15.8 Å². The summed E-state index contributed by atoms with van der Waals surface area (Å²) < 4.78 is 5.35. The number of nitrogen functional groups attached to an aromatic ring is 1. The summed E-state index contributed by atoms with van der Waals surface area (Å²) in [6, 6.07) is 11.9. The van der Waals surface area contributed by atoms with Crippen LogP contribution >= 0.6 is 0 Å². The molecule has 0 bridgehead atoms. The SMILES string of the molecule is CNC[C@H](CCCCCC(=O)CC(=O)C=Cc1cc(OC)c(O)cc1Cc1cnc(N)c(Cc2cc(C)cc(C)c2)c1)CCCC(C)C. The molecular formula is C41H57N3O4. The number of ether oxygens (including phenoxy) is 1. The van der Waals surface area contributed by atoms with Crippen molar-refractivity contribution < 1.29 is 19.4 Å². The van der Waals surface area contributed by atoms with Crippen molar-refractivity contribution in [2.75, 3.05) is 26.4 Å². The van der Waals surface area contributed by atoms with Crippen LogP contribution in [0.25, 0.3) is 6.08 Å². The molecule has 0 amide bonds. The number of benzene rings is 2. The quantitative estimate of drug-likeness (QED) is 0.0601. The second-order valence-electron chi connectivity index (χ2n) is 13.8. The Balaban J connectivity index is 1.59. The molecule has 7 heteroatoms. The topological polar surface area (TPSA) is 115 Å². The Morgan fingerprint density at radius 3 is 2.31 bits per heavy atom. The smallest absolute Gasteiger partial charge is 0.163 e. The number of nitrogens with two attached hydrogens (primary N) is 1. The fraction of sp³-hybridized carbons (Fsp3) is 0.488. The van der Waals surface area contributed by atoms with Crippen LogP contribution in [0.2, 0.25) is 0 Å². The van der Waals surface area contributed by atoms with Crippen LogP contribution in [-0.4, -0.2) is 42.4 Å². The van der Waals surface area contributed by atoms with E-state index >= 15 is 0 Å². The molecule has 0 fully saturated rings. The van der Waals surface area contributed by atoms with Crippen molar-refractivity contribution in [3.8, 4) is 11.5 Å². The van der Waals surface area contributed by atoms with Crippen molar-refractivity contribution in [3.63, 3.8) is 0 Å². The van der Waals surface area contributed by atoms with Crippen molar-refractivity contribution in [2.45, 2.75) is 98.3 Å². The van der Waals surface area contributed by atoms with Gasteiger partial charge in [0.1, 0.15) is 11.6 Å². The van der Waals surface area contributed by atoms with Crippen LogP contribution in [0.4, 0.5) is 5.82 Å². The van der Waals surface area contributed by atoms with Gasteiger partial charge in [0.05, 0.1) is 13.5 Å². The summed E-state index contributed by atoms with van der Waals surface area (Å²) in [4.78, 5) is 29.9. The van der Waals surface area contributed by atoms with E-state index in [0.717, 1.165) is 54.0 Å². The number of anilines is 1. The largest absolute Gasteiger partial charge is 0.504 e. The lowest BCUT2D eigenvalue weighted by molar-refractivity contribution is -0.124. The molecule has 4 N–H and O–H groups in total. The molecule has 1 heterocycles. The minimum atomic E-state index is -0.234. The van der Waals surface area contributed by atoms with Crippen LogP contribution in [0.3, 0.4) is 0 Å². The molecule has 0 aliphatic rings. The summed E-state index contributed by atoms with van der Waals surface area (Å²) in [7, 11) is 3.50. The predicted molar refractivity (Wildman–Crippen MR) is 198 cm³/mol. The third kappa shape index (κ3) is 13.3. The average molecular weight is 656 g/mol. The minimum absolute atomic E-state index is 0.0119. The number of allylic oxidation sites excluding steroid dienone is 1. The van der Waals surface area contributed by atoms with Crippen LogP contribution in [-0.2, 0) is 22.4 Å². The maximum atomic E-state index is 12.8. The highest BCUT2D eigenvalue weighted by molar-refractivity contribution is 6.06. The number of hydrogen-bond donors (Lipinski definition) is 3. The molecule has 0 unspecified atom stereocenters. The number of Topliss-reactive ketones (excluding diaryl/α,β-unsaturated/α-hetero) is 1. The van der Waals surface area contributed by atoms with Gasteiger partial charge in [0.25, 0.3) is 0 Å². The molecule has 48 heavy (non-hydrogen) atoms. The summed E-state index contributed by atoms with van der Waals surface area (Å²) in [6.07, 6.45) is 14.2. The lowest BCUT2D eigenvalue weighted by Crippen LogP contribution is -2.19. The summed E-state index contributed by atoms with van der Waals surface area (Å²) in [6.45, 7) is 9.75. The number of ketones is 2. The molecule has 0 radical (unpaired) electrons. The Labute approximate surface area is 288 Å². The van der Waals surface area contributed by atoms with E-state index in [-0.39, 0.29) is 23.7 Å². The molecule has 0 saturated heterocycles. The van der Waals surface area contributed by atoms with Gasteiger partial charge in [-0.3, -0.25) is 9.59 Å². The van der Waals surface area contributed by atoms with E-state index in [9.17, 15) is 14.7 Å². The number of rotatable bonds is 21. The van der Waals surface area contributed by atoms with Gasteiger partial charge >= 0.3 is 0 Å². The second kappa shape index (κ2) is 19.8. The van der Waals surface area contributed by atoms with Crippen LogP contribution in [0, 0.1) is 25.7 Å². The zero-order valence-corrected chi connectivity index (χ0v) is 30.0. The number of unbranched alkanes of at least 4 members (excludes halogenated alkanes) is 2. The Kier molecular flexibility index (Phi) is 15.8. The molecular weight excluding hydrogens is 598 g/mol. The number of phenolic OH excluding ortho intramolecular Hbond substituents is 1. The summed E-state index contributed by atoms with van der Waals surface area (Å²) in [5, 5.41) is 13.9. The number of hydrogen-bond acceptors (Lipinski definition) is 7. The Morgan fingerprint density at radius 1 is 0.917 bits per heavy atom. The number of nitrogens with one attached hydrogen (secondary N) is 1. The highest BCUT2D eigenvalue weighted by Crippen LogP contribution is 2.32. The summed E-state index contributed by atoms with van der Waals surface area (Å²) in [5.74, 6) is 1.97. The van der Waals surface area contributed by atoms with Gasteiger partial charge in [-0.1, -0.05) is 74.9 Å². The first kappa shape index (κ1) is 38.5.